The molecule has 2 heteroatoms. The molecular formula is C31H30F2. The number of rotatable bonds is 7. The largest absolute Gasteiger partial charge is 0.207 e. The van der Waals surface area contributed by atoms with E-state index >= 15 is 0 Å². The van der Waals surface area contributed by atoms with Crippen molar-refractivity contribution >= 4 is 0 Å². The number of hydrogen-bond acceptors (Lipinski definition) is 0. The van der Waals surface area contributed by atoms with Crippen molar-refractivity contribution in [3.63, 3.8) is 0 Å². The van der Waals surface area contributed by atoms with Crippen LogP contribution in [-0.2, 0) is 12.8 Å². The van der Waals surface area contributed by atoms with Crippen LogP contribution in [-0.4, -0.2) is 0 Å². The quantitative estimate of drug-likeness (QED) is 0.259. The lowest BCUT2D eigenvalue weighted by Gasteiger charge is -2.03. The number of unbranched alkanes of at least 4 members (excludes halogenated alkanes) is 3. The van der Waals surface area contributed by atoms with Gasteiger partial charge < -0.3 is 0 Å². The molecule has 0 N–H and O–H groups in total. The van der Waals surface area contributed by atoms with Gasteiger partial charge in [-0.25, -0.2) is 8.78 Å². The van der Waals surface area contributed by atoms with Gasteiger partial charge in [0, 0.05) is 16.7 Å². The predicted molar refractivity (Wildman–Crippen MR) is 133 cm³/mol. The van der Waals surface area contributed by atoms with E-state index in [1.807, 2.05) is 18.2 Å². The first-order chi connectivity index (χ1) is 16.1. The van der Waals surface area contributed by atoms with E-state index in [0.717, 1.165) is 49.7 Å². The molecule has 33 heavy (non-hydrogen) atoms. The van der Waals surface area contributed by atoms with Gasteiger partial charge in [-0.15, -0.1) is 0 Å². The maximum Gasteiger partial charge on any atom is 0.140 e. The maximum atomic E-state index is 14.5. The van der Waals surface area contributed by atoms with Crippen LogP contribution in [0.5, 0.6) is 0 Å². The molecular weight excluding hydrogens is 410 g/mol. The predicted octanol–water partition coefficient (Wildman–Crippen LogP) is 7.84. The van der Waals surface area contributed by atoms with Gasteiger partial charge in [0.05, 0.1) is 5.56 Å². The number of hydrogen-bond donors (Lipinski definition) is 0. The fourth-order valence-corrected chi connectivity index (χ4v) is 3.59. The van der Waals surface area contributed by atoms with Crippen LogP contribution in [0, 0.1) is 35.3 Å². The van der Waals surface area contributed by atoms with E-state index in [2.05, 4.69) is 49.7 Å². The van der Waals surface area contributed by atoms with Crippen LogP contribution in [0.3, 0.4) is 0 Å². The molecule has 0 aliphatic heterocycles. The molecule has 0 aliphatic rings. The highest BCUT2D eigenvalue weighted by molar-refractivity contribution is 5.49. The van der Waals surface area contributed by atoms with Crippen molar-refractivity contribution in [3.8, 4) is 23.7 Å². The summed E-state index contributed by atoms with van der Waals surface area (Å²) in [6.45, 7) is 4.31. The molecule has 0 spiro atoms. The van der Waals surface area contributed by atoms with Crippen molar-refractivity contribution in [1.82, 2.24) is 0 Å². The molecule has 0 fully saturated rings. The molecule has 0 amide bonds. The van der Waals surface area contributed by atoms with Gasteiger partial charge in [-0.1, -0.05) is 81.4 Å². The highest BCUT2D eigenvalue weighted by Crippen LogP contribution is 2.15. The number of benzene rings is 3. The van der Waals surface area contributed by atoms with E-state index in [1.165, 1.54) is 24.1 Å². The zero-order valence-electron chi connectivity index (χ0n) is 19.5. The van der Waals surface area contributed by atoms with Gasteiger partial charge >= 0.3 is 0 Å². The molecule has 0 unspecified atom stereocenters. The van der Waals surface area contributed by atoms with Crippen LogP contribution < -0.4 is 0 Å². The van der Waals surface area contributed by atoms with Gasteiger partial charge in [-0.3, -0.25) is 0 Å². The second kappa shape index (κ2) is 12.6. The fraction of sp³-hybridized carbons (Fsp3) is 0.290. The molecule has 0 saturated heterocycles. The molecule has 0 aromatic heterocycles. The summed E-state index contributed by atoms with van der Waals surface area (Å²) in [5.74, 6) is 11.1. The summed E-state index contributed by atoms with van der Waals surface area (Å²) < 4.78 is 28.8. The van der Waals surface area contributed by atoms with Crippen LogP contribution in [0.25, 0.3) is 0 Å². The molecule has 0 aliphatic carbocycles. The van der Waals surface area contributed by atoms with Gasteiger partial charge in [-0.05, 0) is 72.9 Å². The molecule has 0 heterocycles. The Morgan fingerprint density at radius 2 is 1.21 bits per heavy atom. The Morgan fingerprint density at radius 1 is 0.576 bits per heavy atom. The summed E-state index contributed by atoms with van der Waals surface area (Å²) in [6, 6.07) is 17.9. The first kappa shape index (κ1) is 24.3. The summed E-state index contributed by atoms with van der Waals surface area (Å²) in [6.07, 6.45) is 7.35. The maximum absolute atomic E-state index is 14.5. The van der Waals surface area contributed by atoms with Crippen LogP contribution >= 0.6 is 0 Å². The third-order valence-corrected chi connectivity index (χ3v) is 5.51. The van der Waals surface area contributed by atoms with Crippen LogP contribution in [0.1, 0.15) is 79.3 Å². The molecule has 0 radical (unpaired) electrons. The zero-order chi connectivity index (χ0) is 23.5. The Morgan fingerprint density at radius 3 is 1.85 bits per heavy atom. The molecule has 0 atom stereocenters. The van der Waals surface area contributed by atoms with Gasteiger partial charge in [0.2, 0.25) is 0 Å². The van der Waals surface area contributed by atoms with Crippen molar-refractivity contribution < 1.29 is 8.78 Å². The van der Waals surface area contributed by atoms with E-state index in [0.29, 0.717) is 16.7 Å². The summed E-state index contributed by atoms with van der Waals surface area (Å²) in [5, 5.41) is 0. The second-order valence-electron chi connectivity index (χ2n) is 8.26. The summed E-state index contributed by atoms with van der Waals surface area (Å²) in [4.78, 5) is 0. The fourth-order valence-electron chi connectivity index (χ4n) is 3.59. The van der Waals surface area contributed by atoms with E-state index in [1.54, 1.807) is 18.2 Å². The number of aryl methyl sites for hydroxylation is 2. The lowest BCUT2D eigenvalue weighted by Crippen LogP contribution is -1.92. The summed E-state index contributed by atoms with van der Waals surface area (Å²) >= 11 is 0. The third-order valence-electron chi connectivity index (χ3n) is 5.51. The van der Waals surface area contributed by atoms with E-state index in [9.17, 15) is 8.78 Å². The SMILES string of the molecule is CCCCCCc1ccc(C#Cc2ccc(C#Cc3ccc(CCC)cc3)c(F)c2)cc1F. The van der Waals surface area contributed by atoms with Gasteiger partial charge in [0.25, 0.3) is 0 Å². The van der Waals surface area contributed by atoms with Crippen molar-refractivity contribution in [2.45, 2.75) is 58.8 Å². The summed E-state index contributed by atoms with van der Waals surface area (Å²) in [7, 11) is 0. The van der Waals surface area contributed by atoms with Gasteiger partial charge in [-0.2, -0.15) is 0 Å². The van der Waals surface area contributed by atoms with E-state index in [-0.39, 0.29) is 5.82 Å². The molecule has 3 aromatic carbocycles. The number of halogens is 2. The van der Waals surface area contributed by atoms with E-state index < -0.39 is 5.82 Å². The molecule has 0 saturated carbocycles. The Labute approximate surface area is 197 Å². The van der Waals surface area contributed by atoms with Crippen LogP contribution in [0.4, 0.5) is 8.78 Å². The minimum atomic E-state index is -0.412. The highest BCUT2D eigenvalue weighted by Gasteiger charge is 2.03. The van der Waals surface area contributed by atoms with E-state index in [4.69, 9.17) is 0 Å². The second-order valence-corrected chi connectivity index (χ2v) is 8.26. The minimum Gasteiger partial charge on any atom is -0.207 e. The molecule has 3 rings (SSSR count). The lowest BCUT2D eigenvalue weighted by atomic mass is 10.0. The molecule has 168 valence electrons. The summed E-state index contributed by atoms with van der Waals surface area (Å²) in [5.41, 5.74) is 4.31. The van der Waals surface area contributed by atoms with Gasteiger partial charge in [0.1, 0.15) is 11.6 Å². The molecule has 0 nitrogen and oxygen atoms in total. The first-order valence-electron chi connectivity index (χ1n) is 11.8. The van der Waals surface area contributed by atoms with Crippen molar-refractivity contribution in [2.24, 2.45) is 0 Å². The third kappa shape index (κ3) is 7.62. The standard InChI is InChI=1S/C31H30F2/c1-3-5-6-7-9-28-20-17-26(22-30(28)32)14-15-27-18-21-29(31(33)23-27)19-16-25-12-10-24(8-4-2)11-13-25/h10-13,17-18,20-23H,3-9H2,1-2H3. The highest BCUT2D eigenvalue weighted by atomic mass is 19.1. The van der Waals surface area contributed by atoms with Gasteiger partial charge in [0.15, 0.2) is 0 Å². The van der Waals surface area contributed by atoms with Crippen molar-refractivity contribution in [2.75, 3.05) is 0 Å². The minimum absolute atomic E-state index is 0.224. The zero-order valence-corrected chi connectivity index (χ0v) is 19.5. The normalized spacial score (nSPS) is 10.2. The average molecular weight is 441 g/mol. The first-order valence-corrected chi connectivity index (χ1v) is 11.8. The monoisotopic (exact) mass is 440 g/mol. The Bertz CT molecular complexity index is 1180. The van der Waals surface area contributed by atoms with Crippen LogP contribution in [0.2, 0.25) is 0 Å². The smallest absolute Gasteiger partial charge is 0.140 e. The Balaban J connectivity index is 1.66. The van der Waals surface area contributed by atoms with Crippen molar-refractivity contribution in [3.05, 3.63) is 106 Å². The topological polar surface area (TPSA) is 0 Å². The Kier molecular flexibility index (Phi) is 9.29. The van der Waals surface area contributed by atoms with Crippen LogP contribution in [0.15, 0.2) is 60.7 Å². The average Bonchev–Trinajstić information content (AvgIpc) is 2.82. The molecule has 0 bridgehead atoms. The molecule has 3 aromatic rings. The van der Waals surface area contributed by atoms with Crippen molar-refractivity contribution in [1.29, 1.82) is 0 Å². The Hall–Kier alpha value is -3.36. The lowest BCUT2D eigenvalue weighted by molar-refractivity contribution is 0.593.